The maximum absolute atomic E-state index is 13.3. The van der Waals surface area contributed by atoms with Crippen LogP contribution in [-0.4, -0.2) is 18.7 Å². The van der Waals surface area contributed by atoms with Crippen molar-refractivity contribution in [2.75, 3.05) is 6.54 Å². The average Bonchev–Trinajstić information content (AvgIpc) is 2.30. The fraction of sp³-hybridized carbons (Fsp3) is 0.231. The smallest absolute Gasteiger partial charge is 0.216 e. The van der Waals surface area contributed by atoms with Gasteiger partial charge in [-0.1, -0.05) is 17.9 Å². The molecule has 0 saturated carbocycles. The molecule has 17 heavy (non-hydrogen) atoms. The van der Waals surface area contributed by atoms with Crippen LogP contribution in [-0.2, 0) is 4.79 Å². The molecule has 0 bridgehead atoms. The second-order valence-corrected chi connectivity index (χ2v) is 3.39. The molecular formula is C13H12FNO2. The van der Waals surface area contributed by atoms with Crippen LogP contribution in [0.5, 0.6) is 0 Å². The van der Waals surface area contributed by atoms with Gasteiger partial charge in [0, 0.05) is 25.5 Å². The number of rotatable bonds is 3. The molecule has 0 aliphatic rings. The van der Waals surface area contributed by atoms with Crippen molar-refractivity contribution in [3.63, 3.8) is 0 Å². The van der Waals surface area contributed by atoms with E-state index in [2.05, 4.69) is 17.2 Å². The highest BCUT2D eigenvalue weighted by Gasteiger charge is 1.99. The van der Waals surface area contributed by atoms with Crippen LogP contribution in [0.25, 0.3) is 0 Å². The molecule has 0 radical (unpaired) electrons. The highest BCUT2D eigenvalue weighted by atomic mass is 19.1. The van der Waals surface area contributed by atoms with E-state index in [1.807, 2.05) is 0 Å². The number of halogens is 1. The largest absolute Gasteiger partial charge is 0.355 e. The van der Waals surface area contributed by atoms with E-state index in [1.165, 1.54) is 19.1 Å². The maximum Gasteiger partial charge on any atom is 0.216 e. The average molecular weight is 233 g/mol. The number of aldehydes is 1. The summed E-state index contributed by atoms with van der Waals surface area (Å²) in [7, 11) is 0. The Morgan fingerprint density at radius 3 is 2.88 bits per heavy atom. The third-order valence-electron chi connectivity index (χ3n) is 1.98. The molecule has 1 rings (SSSR count). The maximum atomic E-state index is 13.3. The molecule has 3 nitrogen and oxygen atoms in total. The van der Waals surface area contributed by atoms with E-state index >= 15 is 0 Å². The zero-order valence-corrected chi connectivity index (χ0v) is 9.42. The van der Waals surface area contributed by atoms with Crippen molar-refractivity contribution in [3.8, 4) is 11.8 Å². The fourth-order valence-corrected chi connectivity index (χ4v) is 1.16. The van der Waals surface area contributed by atoms with Crippen molar-refractivity contribution in [3.05, 3.63) is 35.1 Å². The molecule has 0 aromatic heterocycles. The van der Waals surface area contributed by atoms with Crippen LogP contribution in [0, 0.1) is 17.7 Å². The van der Waals surface area contributed by atoms with Gasteiger partial charge in [-0.15, -0.1) is 0 Å². The molecule has 88 valence electrons. The Labute approximate surface area is 99.0 Å². The van der Waals surface area contributed by atoms with Crippen molar-refractivity contribution < 1.29 is 14.0 Å². The molecule has 0 atom stereocenters. The van der Waals surface area contributed by atoms with Gasteiger partial charge in [0.05, 0.1) is 5.56 Å². The summed E-state index contributed by atoms with van der Waals surface area (Å²) in [6, 6.07) is 4.11. The molecule has 1 aromatic rings. The number of nitrogens with one attached hydrogen (secondary N) is 1. The fourth-order valence-electron chi connectivity index (χ4n) is 1.16. The summed E-state index contributed by atoms with van der Waals surface area (Å²) in [6.45, 7) is 1.86. The first-order valence-corrected chi connectivity index (χ1v) is 5.11. The Bertz CT molecular complexity index is 486. The van der Waals surface area contributed by atoms with Gasteiger partial charge in [0.2, 0.25) is 5.91 Å². The SMILES string of the molecule is CC(=O)NCCC#Cc1ccc(C=O)cc1F. The predicted molar refractivity (Wildman–Crippen MR) is 62.0 cm³/mol. The van der Waals surface area contributed by atoms with Crippen molar-refractivity contribution in [2.24, 2.45) is 0 Å². The van der Waals surface area contributed by atoms with E-state index < -0.39 is 5.82 Å². The second kappa shape index (κ2) is 6.44. The van der Waals surface area contributed by atoms with Crippen LogP contribution in [0.3, 0.4) is 0 Å². The number of hydrogen-bond donors (Lipinski definition) is 1. The molecule has 0 fully saturated rings. The van der Waals surface area contributed by atoms with Crippen LogP contribution in [0.15, 0.2) is 18.2 Å². The van der Waals surface area contributed by atoms with Crippen molar-refractivity contribution in [2.45, 2.75) is 13.3 Å². The lowest BCUT2D eigenvalue weighted by molar-refractivity contribution is -0.118. The summed E-state index contributed by atoms with van der Waals surface area (Å²) in [6.07, 6.45) is 1.03. The molecular weight excluding hydrogens is 221 g/mol. The Morgan fingerprint density at radius 1 is 1.53 bits per heavy atom. The minimum absolute atomic E-state index is 0.117. The summed E-state index contributed by atoms with van der Waals surface area (Å²) in [5.41, 5.74) is 0.532. The molecule has 0 heterocycles. The molecule has 1 N–H and O–H groups in total. The Hall–Kier alpha value is -2.15. The molecule has 0 aliphatic carbocycles. The number of benzene rings is 1. The van der Waals surface area contributed by atoms with Gasteiger partial charge in [-0.25, -0.2) is 4.39 Å². The molecule has 1 amide bonds. The molecule has 0 aliphatic heterocycles. The van der Waals surface area contributed by atoms with E-state index in [4.69, 9.17) is 0 Å². The summed E-state index contributed by atoms with van der Waals surface area (Å²) in [4.78, 5) is 20.9. The third kappa shape index (κ3) is 4.47. The molecule has 1 aromatic carbocycles. The quantitative estimate of drug-likeness (QED) is 0.488. The van der Waals surface area contributed by atoms with Crippen LogP contribution < -0.4 is 5.32 Å². The Kier molecular flexibility index (Phi) is 4.89. The summed E-state index contributed by atoms with van der Waals surface area (Å²) in [5.74, 6) is 4.76. The van der Waals surface area contributed by atoms with Gasteiger partial charge in [0.1, 0.15) is 12.1 Å². The van der Waals surface area contributed by atoms with Crippen molar-refractivity contribution >= 4 is 12.2 Å². The van der Waals surface area contributed by atoms with Gasteiger partial charge in [0.25, 0.3) is 0 Å². The molecule has 0 spiro atoms. The summed E-state index contributed by atoms with van der Waals surface area (Å²) >= 11 is 0. The highest BCUT2D eigenvalue weighted by Crippen LogP contribution is 2.07. The Balaban J connectivity index is 2.59. The predicted octanol–water partition coefficient (Wildman–Crippen LogP) is 1.52. The van der Waals surface area contributed by atoms with E-state index in [9.17, 15) is 14.0 Å². The van der Waals surface area contributed by atoms with Gasteiger partial charge in [-0.3, -0.25) is 9.59 Å². The van der Waals surface area contributed by atoms with Crippen molar-refractivity contribution in [1.82, 2.24) is 5.32 Å². The standard InChI is InChI=1S/C13H12FNO2/c1-10(17)15-7-3-2-4-12-6-5-11(9-16)8-13(12)14/h5-6,8-9H,3,7H2,1H3,(H,15,17). The lowest BCUT2D eigenvalue weighted by Gasteiger charge is -1.96. The van der Waals surface area contributed by atoms with Crippen LogP contribution in [0.4, 0.5) is 4.39 Å². The van der Waals surface area contributed by atoms with E-state index in [0.29, 0.717) is 19.3 Å². The van der Waals surface area contributed by atoms with Gasteiger partial charge < -0.3 is 5.32 Å². The Morgan fingerprint density at radius 2 is 2.29 bits per heavy atom. The highest BCUT2D eigenvalue weighted by molar-refractivity contribution is 5.75. The third-order valence-corrected chi connectivity index (χ3v) is 1.98. The second-order valence-electron chi connectivity index (χ2n) is 3.39. The first-order valence-electron chi connectivity index (χ1n) is 5.11. The van der Waals surface area contributed by atoms with E-state index in [0.717, 1.165) is 6.07 Å². The number of amides is 1. The van der Waals surface area contributed by atoms with Crippen molar-refractivity contribution in [1.29, 1.82) is 0 Å². The van der Waals surface area contributed by atoms with Gasteiger partial charge in [-0.05, 0) is 12.1 Å². The molecule has 0 unspecified atom stereocenters. The molecule has 0 saturated heterocycles. The number of carbonyl (C=O) groups excluding carboxylic acids is 2. The minimum Gasteiger partial charge on any atom is -0.355 e. The molecule has 4 heteroatoms. The lowest BCUT2D eigenvalue weighted by Crippen LogP contribution is -2.20. The first kappa shape index (κ1) is 12.9. The van der Waals surface area contributed by atoms with Gasteiger partial charge >= 0.3 is 0 Å². The van der Waals surface area contributed by atoms with E-state index in [-0.39, 0.29) is 17.0 Å². The zero-order chi connectivity index (χ0) is 12.7. The minimum atomic E-state index is -0.512. The zero-order valence-electron chi connectivity index (χ0n) is 9.42. The van der Waals surface area contributed by atoms with Crippen LogP contribution >= 0.6 is 0 Å². The summed E-state index contributed by atoms with van der Waals surface area (Å²) < 4.78 is 13.3. The van der Waals surface area contributed by atoms with E-state index in [1.54, 1.807) is 0 Å². The monoisotopic (exact) mass is 233 g/mol. The van der Waals surface area contributed by atoms with Crippen LogP contribution in [0.2, 0.25) is 0 Å². The lowest BCUT2D eigenvalue weighted by atomic mass is 10.1. The van der Waals surface area contributed by atoms with Crippen LogP contribution in [0.1, 0.15) is 29.3 Å². The topological polar surface area (TPSA) is 46.2 Å². The summed E-state index contributed by atoms with van der Waals surface area (Å²) in [5, 5.41) is 2.58. The first-order chi connectivity index (χ1) is 8.13. The van der Waals surface area contributed by atoms with Gasteiger partial charge in [-0.2, -0.15) is 0 Å². The number of hydrogen-bond acceptors (Lipinski definition) is 2. The van der Waals surface area contributed by atoms with Gasteiger partial charge in [0.15, 0.2) is 0 Å². The normalized spacial score (nSPS) is 9.06. The number of carbonyl (C=O) groups is 2.